The normalized spacial score (nSPS) is 11.8. The van der Waals surface area contributed by atoms with E-state index in [1.807, 2.05) is 46.3 Å². The van der Waals surface area contributed by atoms with E-state index in [1.54, 1.807) is 22.2 Å². The van der Waals surface area contributed by atoms with Gasteiger partial charge in [0, 0.05) is 11.4 Å². The Labute approximate surface area is 165 Å². The van der Waals surface area contributed by atoms with E-state index in [9.17, 15) is 4.79 Å². The minimum atomic E-state index is -0.0665. The van der Waals surface area contributed by atoms with Crippen molar-refractivity contribution in [1.82, 2.24) is 24.1 Å². The van der Waals surface area contributed by atoms with Crippen molar-refractivity contribution in [3.05, 3.63) is 63.3 Å². The van der Waals surface area contributed by atoms with E-state index < -0.39 is 0 Å². The third kappa shape index (κ3) is 2.70. The van der Waals surface area contributed by atoms with Crippen LogP contribution < -0.4 is 5.56 Å². The monoisotopic (exact) mass is 389 g/mol. The number of nitrogens with zero attached hydrogens (tertiary/aromatic N) is 5. The molecule has 4 aromatic heterocycles. The molecule has 7 heteroatoms. The van der Waals surface area contributed by atoms with Crippen LogP contribution in [0.1, 0.15) is 24.6 Å². The van der Waals surface area contributed by atoms with Crippen LogP contribution in [0.25, 0.3) is 33.2 Å². The number of aromatic nitrogens is 5. The second-order valence-electron chi connectivity index (χ2n) is 6.85. The van der Waals surface area contributed by atoms with Gasteiger partial charge in [-0.05, 0) is 30.0 Å². The van der Waals surface area contributed by atoms with Crippen molar-refractivity contribution in [2.24, 2.45) is 0 Å². The summed E-state index contributed by atoms with van der Waals surface area (Å²) in [6.45, 7) is 3.43. The van der Waals surface area contributed by atoms with Crippen LogP contribution in [0.4, 0.5) is 0 Å². The van der Waals surface area contributed by atoms with Crippen LogP contribution in [0.5, 0.6) is 0 Å². The second-order valence-corrected chi connectivity index (χ2v) is 7.88. The summed E-state index contributed by atoms with van der Waals surface area (Å²) in [5.41, 5.74) is 3.60. The van der Waals surface area contributed by atoms with Crippen LogP contribution in [-0.2, 0) is 13.1 Å². The Balaban J connectivity index is 1.82. The van der Waals surface area contributed by atoms with Crippen LogP contribution in [0.15, 0.2) is 52.9 Å². The van der Waals surface area contributed by atoms with Crippen LogP contribution >= 0.6 is 11.3 Å². The van der Waals surface area contributed by atoms with E-state index in [4.69, 9.17) is 9.97 Å². The third-order valence-corrected chi connectivity index (χ3v) is 5.82. The van der Waals surface area contributed by atoms with Gasteiger partial charge in [0.1, 0.15) is 17.2 Å². The highest BCUT2D eigenvalue weighted by atomic mass is 32.1. The number of fused-ring (bicyclic) bond motifs is 4. The van der Waals surface area contributed by atoms with Gasteiger partial charge < -0.3 is 4.57 Å². The quantitative estimate of drug-likeness (QED) is 0.452. The SMILES string of the molecule is CCCCn1c2nc3ccccc3nc2c2c(=O)n(Cc3cccs3)cnc21. The molecule has 0 spiro atoms. The van der Waals surface area contributed by atoms with Crippen molar-refractivity contribution in [3.8, 4) is 0 Å². The maximum atomic E-state index is 13.3. The molecule has 0 fully saturated rings. The lowest BCUT2D eigenvalue weighted by Crippen LogP contribution is -2.21. The fraction of sp³-hybridized carbons (Fsp3) is 0.238. The van der Waals surface area contributed by atoms with Crippen molar-refractivity contribution in [3.63, 3.8) is 0 Å². The van der Waals surface area contributed by atoms with Gasteiger partial charge in [-0.3, -0.25) is 9.36 Å². The minimum absolute atomic E-state index is 0.0665. The summed E-state index contributed by atoms with van der Waals surface area (Å²) in [4.78, 5) is 28.7. The molecule has 4 heterocycles. The molecule has 0 amide bonds. The number of rotatable bonds is 5. The summed E-state index contributed by atoms with van der Waals surface area (Å²) in [6, 6.07) is 11.8. The van der Waals surface area contributed by atoms with Gasteiger partial charge in [0.05, 0.1) is 17.6 Å². The van der Waals surface area contributed by atoms with Gasteiger partial charge in [-0.1, -0.05) is 31.5 Å². The number of thiophene rings is 1. The Kier molecular flexibility index (Phi) is 4.16. The predicted molar refractivity (Wildman–Crippen MR) is 113 cm³/mol. The number of hydrogen-bond acceptors (Lipinski definition) is 5. The maximum absolute atomic E-state index is 13.3. The minimum Gasteiger partial charge on any atom is -0.308 e. The van der Waals surface area contributed by atoms with E-state index >= 15 is 0 Å². The highest BCUT2D eigenvalue weighted by molar-refractivity contribution is 7.09. The fourth-order valence-electron chi connectivity index (χ4n) is 3.55. The number of benzene rings is 1. The number of aryl methyl sites for hydroxylation is 1. The summed E-state index contributed by atoms with van der Waals surface area (Å²) in [7, 11) is 0. The van der Waals surface area contributed by atoms with Gasteiger partial charge in [0.15, 0.2) is 11.3 Å². The highest BCUT2D eigenvalue weighted by Gasteiger charge is 2.19. The average molecular weight is 389 g/mol. The van der Waals surface area contributed by atoms with Gasteiger partial charge in [0.2, 0.25) is 0 Å². The van der Waals surface area contributed by atoms with Crippen molar-refractivity contribution in [2.75, 3.05) is 0 Å². The lowest BCUT2D eigenvalue weighted by molar-refractivity contribution is 0.654. The number of unbranched alkanes of at least 4 members (excludes halogenated alkanes) is 1. The summed E-state index contributed by atoms with van der Waals surface area (Å²) in [6.07, 6.45) is 3.69. The summed E-state index contributed by atoms with van der Waals surface area (Å²) >= 11 is 1.63. The van der Waals surface area contributed by atoms with Crippen molar-refractivity contribution < 1.29 is 0 Å². The molecule has 140 valence electrons. The Morgan fingerprint density at radius 2 is 1.86 bits per heavy atom. The fourth-order valence-corrected chi connectivity index (χ4v) is 4.25. The molecule has 0 unspecified atom stereocenters. The summed E-state index contributed by atoms with van der Waals surface area (Å²) in [5.74, 6) is 0. The van der Waals surface area contributed by atoms with Gasteiger partial charge in [-0.25, -0.2) is 15.0 Å². The molecule has 0 N–H and O–H groups in total. The van der Waals surface area contributed by atoms with E-state index in [1.165, 1.54) is 0 Å². The molecular weight excluding hydrogens is 370 g/mol. The molecular formula is C21H19N5OS. The first kappa shape index (κ1) is 17.1. The molecule has 0 saturated heterocycles. The summed E-state index contributed by atoms with van der Waals surface area (Å²) < 4.78 is 3.71. The third-order valence-electron chi connectivity index (χ3n) is 4.96. The molecule has 5 rings (SSSR count). The number of hydrogen-bond donors (Lipinski definition) is 0. The Hall–Kier alpha value is -3.06. The van der Waals surface area contributed by atoms with Crippen molar-refractivity contribution >= 4 is 44.6 Å². The zero-order valence-electron chi connectivity index (χ0n) is 15.5. The van der Waals surface area contributed by atoms with Crippen molar-refractivity contribution in [2.45, 2.75) is 32.9 Å². The summed E-state index contributed by atoms with van der Waals surface area (Å²) in [5, 5.41) is 2.57. The van der Waals surface area contributed by atoms with Crippen LogP contribution in [0, 0.1) is 0 Å². The lowest BCUT2D eigenvalue weighted by Gasteiger charge is -2.06. The van der Waals surface area contributed by atoms with E-state index in [-0.39, 0.29) is 5.56 Å². The molecule has 0 bridgehead atoms. The van der Waals surface area contributed by atoms with Gasteiger partial charge >= 0.3 is 0 Å². The van der Waals surface area contributed by atoms with Crippen LogP contribution in [0.3, 0.4) is 0 Å². The largest absolute Gasteiger partial charge is 0.308 e. The lowest BCUT2D eigenvalue weighted by atomic mass is 10.3. The van der Waals surface area contributed by atoms with Crippen molar-refractivity contribution in [1.29, 1.82) is 0 Å². The molecule has 0 atom stereocenters. The Morgan fingerprint density at radius 1 is 1.04 bits per heavy atom. The van der Waals surface area contributed by atoms with E-state index in [0.29, 0.717) is 23.1 Å². The van der Waals surface area contributed by atoms with Gasteiger partial charge in [-0.15, -0.1) is 11.3 Å². The molecule has 5 aromatic rings. The first-order valence-corrected chi connectivity index (χ1v) is 10.3. The molecule has 28 heavy (non-hydrogen) atoms. The topological polar surface area (TPSA) is 65.6 Å². The molecule has 0 radical (unpaired) electrons. The highest BCUT2D eigenvalue weighted by Crippen LogP contribution is 2.25. The molecule has 1 aromatic carbocycles. The average Bonchev–Trinajstić information content (AvgIpc) is 3.33. The standard InChI is InChI=1S/C21H19N5OS/c1-2-3-10-26-19-17(18-20(26)24-16-9-5-4-8-15(16)23-18)21(27)25(13-22-19)12-14-7-6-11-28-14/h4-9,11,13H,2-3,10,12H2,1H3. The molecule has 0 saturated carbocycles. The molecule has 0 aliphatic carbocycles. The Bertz CT molecular complexity index is 1350. The molecule has 6 nitrogen and oxygen atoms in total. The smallest absolute Gasteiger partial charge is 0.265 e. The first-order valence-electron chi connectivity index (χ1n) is 9.43. The Morgan fingerprint density at radius 3 is 2.61 bits per heavy atom. The van der Waals surface area contributed by atoms with E-state index in [2.05, 4.69) is 11.9 Å². The predicted octanol–water partition coefficient (Wildman–Crippen LogP) is 4.20. The molecule has 0 aliphatic heterocycles. The molecule has 0 aliphatic rings. The van der Waals surface area contributed by atoms with Crippen LogP contribution in [-0.4, -0.2) is 24.1 Å². The number of para-hydroxylation sites is 2. The maximum Gasteiger partial charge on any atom is 0.265 e. The van der Waals surface area contributed by atoms with E-state index in [0.717, 1.165) is 40.9 Å². The second kappa shape index (κ2) is 6.83. The van der Waals surface area contributed by atoms with Crippen LogP contribution in [0.2, 0.25) is 0 Å². The zero-order valence-corrected chi connectivity index (χ0v) is 16.3. The van der Waals surface area contributed by atoms with Gasteiger partial charge in [-0.2, -0.15) is 0 Å². The van der Waals surface area contributed by atoms with Gasteiger partial charge in [0.25, 0.3) is 5.56 Å². The first-order chi connectivity index (χ1) is 13.8. The zero-order chi connectivity index (χ0) is 19.1.